The molecule has 70 heteroatoms. The third-order valence-corrected chi connectivity index (χ3v) is 28.1. The number of aliphatic imine (C=N–C) groups is 1. The van der Waals surface area contributed by atoms with Crippen LogP contribution >= 0.6 is 46.9 Å². The van der Waals surface area contributed by atoms with Gasteiger partial charge in [-0.05, 0) is 24.3 Å². The van der Waals surface area contributed by atoms with E-state index >= 15 is 0 Å². The van der Waals surface area contributed by atoms with Crippen molar-refractivity contribution in [1.82, 2.24) is 98.1 Å². The summed E-state index contributed by atoms with van der Waals surface area (Å²) in [4.78, 5) is 153. The Kier molecular flexibility index (Phi) is 24.5. The molecule has 6 bridgehead atoms. The summed E-state index contributed by atoms with van der Waals surface area (Å²) in [5.74, 6) is -0.561. The number of hydrogen-bond donors (Lipinski definition) is 19. The first-order chi connectivity index (χ1) is 63.1. The zero-order valence-electron chi connectivity index (χ0n) is 66.7. The Morgan fingerprint density at radius 2 is 0.774 bits per heavy atom. The summed E-state index contributed by atoms with van der Waals surface area (Å²) >= 11 is 0. The van der Waals surface area contributed by atoms with E-state index in [1.165, 1.54) is 52.5 Å². The maximum atomic E-state index is 13.2. The van der Waals surface area contributed by atoms with Gasteiger partial charge in [0.05, 0.1) is 106 Å². The normalized spacial score (nSPS) is 38.4. The van der Waals surface area contributed by atoms with Crippen LogP contribution in [0.3, 0.4) is 0 Å². The topological polar surface area (TPSA) is 906 Å². The van der Waals surface area contributed by atoms with Gasteiger partial charge in [0, 0.05) is 18.6 Å². The number of fused-ring (bicyclic) bond motifs is 15. The van der Waals surface area contributed by atoms with Gasteiger partial charge in [0.15, 0.2) is 75.9 Å². The van der Waals surface area contributed by atoms with Crippen molar-refractivity contribution in [2.75, 3.05) is 62.6 Å². The first-order valence-electron chi connectivity index (χ1n) is 39.0. The van der Waals surface area contributed by atoms with Gasteiger partial charge < -0.3 is 116 Å². The number of imidazole rings is 4. The summed E-state index contributed by atoms with van der Waals surface area (Å²) in [5.41, 5.74) is 23.1. The Labute approximate surface area is 735 Å². The predicted molar refractivity (Wildman–Crippen MR) is 428 cm³/mol. The highest BCUT2D eigenvalue weighted by atomic mass is 31.2. The van der Waals surface area contributed by atoms with E-state index in [9.17, 15) is 102 Å². The van der Waals surface area contributed by atoms with Gasteiger partial charge in [-0.2, -0.15) is 14.6 Å². The van der Waals surface area contributed by atoms with Crippen molar-refractivity contribution >= 4 is 132 Å². The quantitative estimate of drug-likeness (QED) is 0.0692. The van der Waals surface area contributed by atoms with Crippen molar-refractivity contribution in [3.05, 3.63) is 117 Å². The molecule has 0 radical (unpaired) electrons. The number of aromatic amines is 3. The molecule has 9 fully saturated rings. The van der Waals surface area contributed by atoms with E-state index in [2.05, 4.69) is 80.1 Å². The fraction of sp³-hybridized carbons (Fsp3) is 0.492. The van der Waals surface area contributed by atoms with Gasteiger partial charge in [0.25, 0.3) is 16.7 Å². The zero-order chi connectivity index (χ0) is 93.8. The number of nitrogen functional groups attached to an aromatic ring is 4. The Morgan fingerprint density at radius 1 is 0.383 bits per heavy atom. The maximum Gasteiger partial charge on any atom is 0.472 e. The summed E-state index contributed by atoms with van der Waals surface area (Å²) in [5, 5.41) is 74.1. The van der Waals surface area contributed by atoms with E-state index in [0.29, 0.717) is 22.4 Å². The van der Waals surface area contributed by atoms with Crippen LogP contribution in [0.5, 0.6) is 0 Å². The number of H-pyrrole nitrogens is 3. The standard InChI is InChI=1S/C22H25N7O13P2.C21H24N8O13P2.C20H24N10O13P2/c23-9-1-2-24-20-13(9)28-7-29(20)22-16(31)17-11(40-22)5-38-44(35,36)42-19-15(30)10(4-37-43(33,34)41-17)39-18(19)14-12-8(3-25-14)21(32)27-6-26-12;22-21-26-17-11(18(32)27-21)25-7-29(17)20-15-12(30)9(39-20)4-37-43(33,34)41-14-10(5-38-44(35,36)42-15)40-19(13(14)31)28-6-24-8-2-1-3-23-16(8)28;21-6-1-2-23-15-9(6)27-28-30(15)18-12(32)13-8(41-18)4-39-45(36,37)43-14-11(31)7(3-38-44(34,35)42-13)40-19(14)29-5-24-10-16(29)25-20(22)26-17(10)33/h1-2,6-7,10-11,15-19,22,30-31H,3-5H2,(H2,23,24)(H,33,34)(H,35,36)(H,26,27,32);1-3,6-7,9-10,12-15,19-20,30-31H,4-5H2,(H,33,34)(H,35,36)(H3,22,26,27,32);1-2,5,7-8,11-14,18-19,31-32H,3-4H2,(H2,21,23)(H,34,35)(H,36,37)(H3,22,25,26,33)/t10-,11-,15-,16-,17-,18+,19-,22-;9-,10-,12-,13-,14-,15-,19-,20-;7-,8-,11-,12-,13-,14-,18-,19-/m111/s1. The number of aromatic nitrogens is 20. The van der Waals surface area contributed by atoms with Gasteiger partial charge in [0.1, 0.15) is 127 Å². The fourth-order valence-corrected chi connectivity index (χ4v) is 21.8. The zero-order valence-corrected chi connectivity index (χ0v) is 72.0. The lowest BCUT2D eigenvalue weighted by Gasteiger charge is -2.25. The molecule has 10 aliphatic heterocycles. The molecule has 0 aromatic carbocycles. The first-order valence-corrected chi connectivity index (χ1v) is 47.9. The minimum Gasteiger partial charge on any atom is -0.397 e. The molecule has 23 N–H and O–H groups in total. The van der Waals surface area contributed by atoms with E-state index in [0.717, 1.165) is 32.8 Å². The van der Waals surface area contributed by atoms with Crippen molar-refractivity contribution in [3.8, 4) is 0 Å². The summed E-state index contributed by atoms with van der Waals surface area (Å²) in [6, 6.07) is 6.30. The Bertz CT molecular complexity index is 6890. The number of aliphatic hydroxyl groups is 6. The molecule has 11 aromatic rings. The molecule has 133 heavy (non-hydrogen) atoms. The van der Waals surface area contributed by atoms with Gasteiger partial charge in [-0.1, -0.05) is 5.21 Å². The molecule has 64 nitrogen and oxygen atoms in total. The average Bonchev–Trinajstić information content (AvgIpc) is 1.61. The lowest BCUT2D eigenvalue weighted by molar-refractivity contribution is -0.0691. The number of hydrogen-bond acceptors (Lipinski definition) is 50. The number of nitrogens with two attached hydrogens (primary N) is 4. The van der Waals surface area contributed by atoms with Gasteiger partial charge in [-0.15, -0.1) is 5.10 Å². The summed E-state index contributed by atoms with van der Waals surface area (Å²) in [7, 11) is -30.4. The molecule has 10 aliphatic rings. The molecule has 6 unspecified atom stereocenters. The number of phosphoric acid groups is 6. The lowest BCUT2D eigenvalue weighted by Crippen LogP contribution is -2.39. The van der Waals surface area contributed by atoms with Crippen molar-refractivity contribution in [3.63, 3.8) is 0 Å². The van der Waals surface area contributed by atoms with Crippen molar-refractivity contribution in [1.29, 1.82) is 0 Å². The molecule has 21 rings (SSSR count). The van der Waals surface area contributed by atoms with Crippen LogP contribution < -0.4 is 39.6 Å². The predicted octanol–water partition coefficient (Wildman–Crippen LogP) is -5.16. The molecule has 0 spiro atoms. The summed E-state index contributed by atoms with van der Waals surface area (Å²) in [6.07, 6.45) is -27.2. The summed E-state index contributed by atoms with van der Waals surface area (Å²) < 4.78 is 182. The summed E-state index contributed by atoms with van der Waals surface area (Å²) in [6.45, 7) is -4.91. The molecule has 714 valence electrons. The number of aliphatic hydroxyl groups excluding tert-OH is 6. The number of rotatable bonds is 6. The molecular formula is C63H73N25O39P6. The number of nitrogens with zero attached hydrogens (tertiary/aromatic N) is 18. The third-order valence-electron chi connectivity index (χ3n) is 22.2. The number of anilines is 4. The molecule has 30 atom stereocenters. The lowest BCUT2D eigenvalue weighted by atomic mass is 10.0. The third kappa shape index (κ3) is 17.8. The van der Waals surface area contributed by atoms with Crippen LogP contribution in [-0.4, -0.2) is 319 Å². The van der Waals surface area contributed by atoms with E-state index in [4.69, 9.17) is 106 Å². The SMILES string of the molecule is Nc1ccnc2c1ncn2[C@@H]1O[C@@H]2COP(=O)(O)O[C@@H]3[C@H](O)[C@@H](COP(=O)(O)O[C@H]2[C@H]1O)O[C@H]3C1=NCc2c1nc[nH]c2=O.Nc1nc2c(ncn2[C@@H]2O[C@@H]3COP(=O)(O)O[C@H]4[C@@H](O)[C@H](n5cnc6cccnc65)O[C@@H]4COP(=O)(O)O[C@@H]2[C@@H]3O)c(=O)[nH]1.Nc1nc2c(ncn2[C@@H]2O[C@@H]3COP(=O)(O)O[C@H]4[C@@H](O)[C@H](n5nnc6c(N)ccnc65)O[C@@H]4COP(=O)(O)O[C@@H]2[C@@H]3O)c(=O)[nH]1. The molecule has 0 saturated carbocycles. The van der Waals surface area contributed by atoms with E-state index in [-0.39, 0.29) is 80.2 Å². The average molecular weight is 1990 g/mol. The Balaban J connectivity index is 0.000000129. The monoisotopic (exact) mass is 1990 g/mol. The van der Waals surface area contributed by atoms with Crippen molar-refractivity contribution in [2.24, 2.45) is 4.99 Å². The van der Waals surface area contributed by atoms with Gasteiger partial charge >= 0.3 is 46.9 Å². The smallest absolute Gasteiger partial charge is 0.397 e. The van der Waals surface area contributed by atoms with E-state index in [1.807, 2.05) is 0 Å². The molecule has 0 amide bonds. The first kappa shape index (κ1) is 92.5. The highest BCUT2D eigenvalue weighted by molar-refractivity contribution is 7.48. The maximum absolute atomic E-state index is 13.2. The van der Waals surface area contributed by atoms with Crippen LogP contribution in [0.4, 0.5) is 23.3 Å². The highest BCUT2D eigenvalue weighted by Crippen LogP contribution is 2.59. The molecule has 11 aromatic heterocycles. The van der Waals surface area contributed by atoms with Crippen LogP contribution in [0.1, 0.15) is 42.4 Å². The van der Waals surface area contributed by atoms with Crippen molar-refractivity contribution in [2.45, 2.75) is 154 Å². The largest absolute Gasteiger partial charge is 0.472 e. The second kappa shape index (κ2) is 35.2. The second-order valence-electron chi connectivity index (χ2n) is 30.5. The Hall–Kier alpha value is -9.58. The number of phosphoric ester groups is 6. The van der Waals surface area contributed by atoms with Crippen LogP contribution in [0.2, 0.25) is 0 Å². The molecular weight excluding hydrogens is 1920 g/mol. The van der Waals surface area contributed by atoms with Crippen LogP contribution in [0, 0.1) is 0 Å². The van der Waals surface area contributed by atoms with Gasteiger partial charge in [-0.3, -0.25) is 102 Å². The van der Waals surface area contributed by atoms with Crippen LogP contribution in [-0.2, 0) is 117 Å². The molecule has 21 heterocycles. The van der Waals surface area contributed by atoms with Crippen LogP contribution in [0.25, 0.3) is 55.8 Å². The minimum absolute atomic E-state index is 0.0418. The van der Waals surface area contributed by atoms with Crippen molar-refractivity contribution < 1.29 is 170 Å². The molecule has 0 aliphatic carbocycles. The van der Waals surface area contributed by atoms with Gasteiger partial charge in [0.2, 0.25) is 11.9 Å². The van der Waals surface area contributed by atoms with E-state index in [1.54, 1.807) is 12.1 Å². The highest BCUT2D eigenvalue weighted by Gasteiger charge is 2.60. The fourth-order valence-electron chi connectivity index (χ4n) is 16.1. The Morgan fingerprint density at radius 3 is 1.28 bits per heavy atom. The number of ether oxygens (including phenoxy) is 6. The van der Waals surface area contributed by atoms with E-state index < -0.39 is 250 Å². The minimum atomic E-state index is -5.12. The molecule has 9 saturated heterocycles. The number of nitrogens with one attached hydrogen (secondary N) is 3. The number of pyridine rings is 3. The van der Waals surface area contributed by atoms with Gasteiger partial charge in [-0.25, -0.2) is 67.3 Å². The second-order valence-corrected chi connectivity index (χ2v) is 38.9. The van der Waals surface area contributed by atoms with Crippen LogP contribution in [0.15, 0.2) is 93.9 Å².